The summed E-state index contributed by atoms with van der Waals surface area (Å²) in [4.78, 5) is 38.9. The Morgan fingerprint density at radius 2 is 1.87 bits per heavy atom. The third kappa shape index (κ3) is 5.76. The number of aromatic nitrogens is 4. The van der Waals surface area contributed by atoms with Crippen LogP contribution in [-0.4, -0.2) is 32.4 Å². The van der Waals surface area contributed by atoms with Gasteiger partial charge in [0, 0.05) is 17.8 Å². The summed E-state index contributed by atoms with van der Waals surface area (Å²) in [6, 6.07) is 7.22. The van der Waals surface area contributed by atoms with E-state index in [1.807, 2.05) is 12.1 Å². The van der Waals surface area contributed by atoms with Gasteiger partial charge >= 0.3 is 0 Å². The molecule has 0 atom stereocenters. The van der Waals surface area contributed by atoms with Gasteiger partial charge in [0.05, 0.1) is 18.4 Å². The lowest BCUT2D eigenvalue weighted by Crippen LogP contribution is -2.24. The van der Waals surface area contributed by atoms with Crippen LogP contribution in [0.25, 0.3) is 11.2 Å². The fraction of sp³-hybridized carbons (Fsp3) is 0.381. The number of amides is 1. The van der Waals surface area contributed by atoms with E-state index in [0.29, 0.717) is 24.3 Å². The van der Waals surface area contributed by atoms with Crippen LogP contribution in [0.3, 0.4) is 0 Å². The van der Waals surface area contributed by atoms with Crippen molar-refractivity contribution >= 4 is 28.7 Å². The molecule has 9 nitrogen and oxygen atoms in total. The molecule has 0 aliphatic carbocycles. The molecule has 2 aromatic heterocycles. The lowest BCUT2D eigenvalue weighted by molar-refractivity contribution is 0.0953. The van der Waals surface area contributed by atoms with Crippen LogP contribution in [0.4, 0.5) is 11.6 Å². The summed E-state index contributed by atoms with van der Waals surface area (Å²) in [6.45, 7) is 3.25. The van der Waals surface area contributed by atoms with Crippen molar-refractivity contribution < 1.29 is 4.79 Å². The quantitative estimate of drug-likeness (QED) is 0.377. The second-order valence-electron chi connectivity index (χ2n) is 7.09. The number of nitrogens with two attached hydrogens (primary N) is 1. The maximum atomic E-state index is 12.2. The van der Waals surface area contributed by atoms with Gasteiger partial charge in [-0.2, -0.15) is 4.98 Å². The van der Waals surface area contributed by atoms with Gasteiger partial charge < -0.3 is 16.4 Å². The molecule has 3 aromatic rings. The van der Waals surface area contributed by atoms with Crippen molar-refractivity contribution in [1.29, 1.82) is 0 Å². The first-order valence-electron chi connectivity index (χ1n) is 10.2. The molecule has 30 heavy (non-hydrogen) atoms. The average Bonchev–Trinajstić information content (AvgIpc) is 2.75. The fourth-order valence-electron chi connectivity index (χ4n) is 3.02. The molecule has 9 heteroatoms. The van der Waals surface area contributed by atoms with Crippen molar-refractivity contribution in [3.8, 4) is 0 Å². The van der Waals surface area contributed by atoms with Crippen molar-refractivity contribution in [1.82, 2.24) is 25.3 Å². The Labute approximate surface area is 174 Å². The van der Waals surface area contributed by atoms with Crippen LogP contribution in [0, 0.1) is 0 Å². The zero-order valence-corrected chi connectivity index (χ0v) is 17.1. The third-order valence-electron chi connectivity index (χ3n) is 4.67. The van der Waals surface area contributed by atoms with Gasteiger partial charge in [-0.25, -0.2) is 9.97 Å². The number of hydrogen-bond donors (Lipinski definition) is 4. The molecule has 158 valence electrons. The smallest absolute Gasteiger partial charge is 0.280 e. The number of benzene rings is 1. The van der Waals surface area contributed by atoms with E-state index in [-0.39, 0.29) is 23.0 Å². The Morgan fingerprint density at radius 3 is 2.63 bits per heavy atom. The highest BCUT2D eigenvalue weighted by Crippen LogP contribution is 2.12. The first kappa shape index (κ1) is 21.2. The monoisotopic (exact) mass is 409 g/mol. The predicted octanol–water partition coefficient (Wildman–Crippen LogP) is 2.61. The Morgan fingerprint density at radius 1 is 1.10 bits per heavy atom. The highest BCUT2D eigenvalue weighted by molar-refractivity contribution is 5.94. The predicted molar refractivity (Wildman–Crippen MR) is 117 cm³/mol. The number of anilines is 2. The van der Waals surface area contributed by atoms with Crippen LogP contribution >= 0.6 is 0 Å². The molecule has 2 heterocycles. The number of fused-ring (bicyclic) bond motifs is 1. The van der Waals surface area contributed by atoms with Crippen molar-refractivity contribution in [2.45, 2.75) is 45.6 Å². The van der Waals surface area contributed by atoms with Gasteiger partial charge in [-0.1, -0.05) is 32.6 Å². The second kappa shape index (κ2) is 10.3. The van der Waals surface area contributed by atoms with Gasteiger partial charge in [-0.05, 0) is 30.7 Å². The van der Waals surface area contributed by atoms with E-state index >= 15 is 0 Å². The highest BCUT2D eigenvalue weighted by Gasteiger charge is 2.08. The van der Waals surface area contributed by atoms with E-state index in [0.717, 1.165) is 18.5 Å². The molecule has 0 spiro atoms. The summed E-state index contributed by atoms with van der Waals surface area (Å²) >= 11 is 0. The standard InChI is InChI=1S/C21H27N7O2/c1-2-3-4-5-6-11-23-19(29)14-7-9-15(10-8-14)24-12-16-13-25-18-17(26-16)20(30)28-21(22)27-18/h7-10,13,24H,2-6,11-12H2,1H3,(H,23,29)(H3,22,25,27,28,30). The highest BCUT2D eigenvalue weighted by atomic mass is 16.1. The Balaban J connectivity index is 1.51. The maximum Gasteiger partial charge on any atom is 0.280 e. The minimum Gasteiger partial charge on any atom is -0.379 e. The van der Waals surface area contributed by atoms with E-state index in [2.05, 4.69) is 37.5 Å². The molecule has 0 saturated carbocycles. The Kier molecular flexibility index (Phi) is 7.31. The Hall–Kier alpha value is -3.49. The van der Waals surface area contributed by atoms with E-state index in [4.69, 9.17) is 5.73 Å². The molecule has 1 aromatic carbocycles. The molecule has 0 saturated heterocycles. The number of unbranched alkanes of at least 4 members (excludes halogenated alkanes) is 4. The molecule has 3 rings (SSSR count). The zero-order chi connectivity index (χ0) is 21.3. The minimum absolute atomic E-state index is 0.00768. The van der Waals surface area contributed by atoms with E-state index in [9.17, 15) is 9.59 Å². The summed E-state index contributed by atoms with van der Waals surface area (Å²) in [7, 11) is 0. The first-order chi connectivity index (χ1) is 14.6. The molecule has 0 aliphatic rings. The number of nitrogens with zero attached hydrogens (tertiary/aromatic N) is 3. The number of nitrogens with one attached hydrogen (secondary N) is 3. The van der Waals surface area contributed by atoms with Gasteiger partial charge in [0.25, 0.3) is 11.5 Å². The van der Waals surface area contributed by atoms with E-state index in [1.54, 1.807) is 18.3 Å². The van der Waals surface area contributed by atoms with Crippen LogP contribution in [0.2, 0.25) is 0 Å². The number of carbonyl (C=O) groups excluding carboxylic acids is 1. The summed E-state index contributed by atoms with van der Waals surface area (Å²) in [6.07, 6.45) is 7.36. The van der Waals surface area contributed by atoms with Crippen LogP contribution in [-0.2, 0) is 6.54 Å². The van der Waals surface area contributed by atoms with Crippen molar-refractivity contribution in [3.63, 3.8) is 0 Å². The largest absolute Gasteiger partial charge is 0.379 e. The summed E-state index contributed by atoms with van der Waals surface area (Å²) in [5.41, 5.74) is 7.47. The van der Waals surface area contributed by atoms with Crippen LogP contribution in [0.15, 0.2) is 35.3 Å². The van der Waals surface area contributed by atoms with Gasteiger partial charge in [0.15, 0.2) is 11.2 Å². The number of rotatable bonds is 10. The second-order valence-corrected chi connectivity index (χ2v) is 7.09. The average molecular weight is 409 g/mol. The van der Waals surface area contributed by atoms with Crippen molar-refractivity contribution in [2.24, 2.45) is 0 Å². The molecule has 0 aliphatic heterocycles. The number of aromatic amines is 1. The molecule has 0 fully saturated rings. The number of nitrogen functional groups attached to an aromatic ring is 1. The molecular weight excluding hydrogens is 382 g/mol. The van der Waals surface area contributed by atoms with Crippen LogP contribution < -0.4 is 21.9 Å². The van der Waals surface area contributed by atoms with Crippen LogP contribution in [0.5, 0.6) is 0 Å². The van der Waals surface area contributed by atoms with E-state index in [1.165, 1.54) is 19.3 Å². The fourth-order valence-corrected chi connectivity index (χ4v) is 3.02. The number of hydrogen-bond acceptors (Lipinski definition) is 7. The minimum atomic E-state index is -0.424. The van der Waals surface area contributed by atoms with Gasteiger partial charge in [0.2, 0.25) is 5.95 Å². The lowest BCUT2D eigenvalue weighted by atomic mass is 10.1. The van der Waals surface area contributed by atoms with Gasteiger partial charge in [-0.15, -0.1) is 0 Å². The van der Waals surface area contributed by atoms with E-state index < -0.39 is 5.56 Å². The molecule has 1 amide bonds. The summed E-state index contributed by atoms with van der Waals surface area (Å²) in [5.74, 6) is -0.0586. The van der Waals surface area contributed by atoms with Crippen LogP contribution in [0.1, 0.15) is 55.1 Å². The molecule has 5 N–H and O–H groups in total. The van der Waals surface area contributed by atoms with Gasteiger partial charge in [0.1, 0.15) is 0 Å². The summed E-state index contributed by atoms with van der Waals surface area (Å²) in [5, 5.41) is 6.16. The Bertz CT molecular complexity index is 1050. The lowest BCUT2D eigenvalue weighted by Gasteiger charge is -2.08. The maximum absolute atomic E-state index is 12.2. The molecule has 0 radical (unpaired) electrons. The van der Waals surface area contributed by atoms with Crippen molar-refractivity contribution in [2.75, 3.05) is 17.6 Å². The SMILES string of the molecule is CCCCCCCNC(=O)c1ccc(NCc2cnc3nc(N)[nH]c(=O)c3n2)cc1. The molecule has 0 bridgehead atoms. The molecular formula is C21H27N7O2. The summed E-state index contributed by atoms with van der Waals surface area (Å²) < 4.78 is 0. The molecule has 0 unspecified atom stereocenters. The normalized spacial score (nSPS) is 10.8. The van der Waals surface area contributed by atoms with Gasteiger partial charge in [-0.3, -0.25) is 14.6 Å². The first-order valence-corrected chi connectivity index (χ1v) is 10.2. The third-order valence-corrected chi connectivity index (χ3v) is 4.67. The zero-order valence-electron chi connectivity index (χ0n) is 17.1. The topological polar surface area (TPSA) is 139 Å². The number of H-pyrrole nitrogens is 1. The van der Waals surface area contributed by atoms with Crippen molar-refractivity contribution in [3.05, 3.63) is 52.1 Å². The number of carbonyl (C=O) groups is 1.